The van der Waals surface area contributed by atoms with Crippen LogP contribution < -0.4 is 5.43 Å². The third-order valence-electron chi connectivity index (χ3n) is 4.58. The first-order valence-electron chi connectivity index (χ1n) is 8.63. The Balaban J connectivity index is 2.46. The molecule has 3 rings (SSSR count). The van der Waals surface area contributed by atoms with Gasteiger partial charge in [0.2, 0.25) is 5.43 Å². The minimum Gasteiger partial charge on any atom is -0.477 e. The summed E-state index contributed by atoms with van der Waals surface area (Å²) in [5.74, 6) is -1.38. The van der Waals surface area contributed by atoms with Crippen molar-refractivity contribution in [3.8, 4) is 28.6 Å². The topological polar surface area (TPSA) is 96.0 Å². The molecule has 0 saturated heterocycles. The molecule has 0 fully saturated rings. The number of carboxylic acids is 1. The SMILES string of the molecule is CCn1c(C)c(-c2cccc(C#N)c2)c(=O)c(C(=O)O)c1-c1ccc(Cl)c(Cl)n1. The number of aromatic carboxylic acids is 1. The van der Waals surface area contributed by atoms with Gasteiger partial charge in [0.1, 0.15) is 10.7 Å². The number of aromatic nitrogens is 2. The number of halogens is 2. The van der Waals surface area contributed by atoms with Crippen molar-refractivity contribution in [1.29, 1.82) is 5.26 Å². The second-order valence-corrected chi connectivity index (χ2v) is 6.99. The van der Waals surface area contributed by atoms with Gasteiger partial charge >= 0.3 is 5.97 Å². The summed E-state index contributed by atoms with van der Waals surface area (Å²) in [6, 6.07) is 11.6. The number of hydrogen-bond acceptors (Lipinski definition) is 4. The second kappa shape index (κ2) is 8.08. The van der Waals surface area contributed by atoms with Crippen molar-refractivity contribution >= 4 is 29.2 Å². The first-order valence-corrected chi connectivity index (χ1v) is 9.39. The van der Waals surface area contributed by atoms with Crippen LogP contribution in [0.25, 0.3) is 22.5 Å². The molecular formula is C21H15Cl2N3O3. The van der Waals surface area contributed by atoms with Gasteiger partial charge in [-0.25, -0.2) is 9.78 Å². The maximum atomic E-state index is 13.3. The molecule has 2 heterocycles. The number of nitrogens with zero attached hydrogens (tertiary/aromatic N) is 3. The van der Waals surface area contributed by atoms with Crippen LogP contribution in [0.4, 0.5) is 0 Å². The third-order valence-corrected chi connectivity index (χ3v) is 5.27. The smallest absolute Gasteiger partial charge is 0.341 e. The van der Waals surface area contributed by atoms with Crippen molar-refractivity contribution < 1.29 is 9.90 Å². The van der Waals surface area contributed by atoms with Crippen LogP contribution in [0.2, 0.25) is 10.2 Å². The molecule has 0 spiro atoms. The average Bonchev–Trinajstić information content (AvgIpc) is 2.69. The monoisotopic (exact) mass is 427 g/mol. The minimum absolute atomic E-state index is 0.0130. The number of hydrogen-bond donors (Lipinski definition) is 1. The first-order chi connectivity index (χ1) is 13.8. The van der Waals surface area contributed by atoms with E-state index >= 15 is 0 Å². The summed E-state index contributed by atoms with van der Waals surface area (Å²) in [4.78, 5) is 29.6. The lowest BCUT2D eigenvalue weighted by Gasteiger charge is -2.20. The zero-order valence-corrected chi connectivity index (χ0v) is 17.0. The van der Waals surface area contributed by atoms with Gasteiger partial charge in [-0.1, -0.05) is 35.3 Å². The molecular weight excluding hydrogens is 413 g/mol. The summed E-state index contributed by atoms with van der Waals surface area (Å²) in [6.45, 7) is 3.94. The van der Waals surface area contributed by atoms with Gasteiger partial charge in [0.25, 0.3) is 0 Å². The van der Waals surface area contributed by atoms with Crippen molar-refractivity contribution in [3.05, 3.63) is 73.6 Å². The third kappa shape index (κ3) is 3.63. The predicted molar refractivity (Wildman–Crippen MR) is 111 cm³/mol. The van der Waals surface area contributed by atoms with E-state index in [0.717, 1.165) is 0 Å². The highest BCUT2D eigenvalue weighted by Crippen LogP contribution is 2.31. The molecule has 0 atom stereocenters. The minimum atomic E-state index is -1.38. The second-order valence-electron chi connectivity index (χ2n) is 6.22. The maximum absolute atomic E-state index is 13.3. The molecule has 0 aliphatic carbocycles. The van der Waals surface area contributed by atoms with Gasteiger partial charge in [-0.2, -0.15) is 5.26 Å². The van der Waals surface area contributed by atoms with Crippen molar-refractivity contribution in [1.82, 2.24) is 9.55 Å². The van der Waals surface area contributed by atoms with E-state index in [0.29, 0.717) is 23.4 Å². The Labute approximate surface area is 176 Å². The summed E-state index contributed by atoms with van der Waals surface area (Å²) < 4.78 is 1.70. The van der Waals surface area contributed by atoms with Crippen molar-refractivity contribution in [2.24, 2.45) is 0 Å². The number of benzene rings is 1. The molecule has 0 saturated carbocycles. The van der Waals surface area contributed by atoms with Crippen LogP contribution >= 0.6 is 23.2 Å². The van der Waals surface area contributed by atoms with Gasteiger partial charge in [-0.15, -0.1) is 0 Å². The Morgan fingerprint density at radius 3 is 2.59 bits per heavy atom. The van der Waals surface area contributed by atoms with Gasteiger partial charge < -0.3 is 9.67 Å². The van der Waals surface area contributed by atoms with Gasteiger partial charge in [0.15, 0.2) is 0 Å². The molecule has 1 N–H and O–H groups in total. The zero-order valence-electron chi connectivity index (χ0n) is 15.5. The van der Waals surface area contributed by atoms with E-state index in [1.807, 2.05) is 13.0 Å². The van der Waals surface area contributed by atoms with E-state index in [1.165, 1.54) is 12.1 Å². The quantitative estimate of drug-likeness (QED) is 0.604. The van der Waals surface area contributed by atoms with E-state index in [-0.39, 0.29) is 27.1 Å². The highest BCUT2D eigenvalue weighted by atomic mass is 35.5. The summed E-state index contributed by atoms with van der Waals surface area (Å²) in [5, 5.41) is 19.3. The molecule has 6 nitrogen and oxygen atoms in total. The molecule has 2 aromatic heterocycles. The Morgan fingerprint density at radius 2 is 2.00 bits per heavy atom. The van der Waals surface area contributed by atoms with Crippen LogP contribution in [-0.2, 0) is 6.54 Å². The molecule has 1 aromatic carbocycles. The summed E-state index contributed by atoms with van der Waals surface area (Å²) in [5.41, 5.74) is 0.947. The first kappa shape index (κ1) is 20.6. The van der Waals surface area contributed by atoms with Gasteiger partial charge in [0, 0.05) is 17.8 Å². The van der Waals surface area contributed by atoms with Crippen LogP contribution in [0.5, 0.6) is 0 Å². The van der Waals surface area contributed by atoms with E-state index in [4.69, 9.17) is 23.2 Å². The van der Waals surface area contributed by atoms with E-state index < -0.39 is 17.0 Å². The molecule has 0 amide bonds. The Kier molecular flexibility index (Phi) is 5.73. The fourth-order valence-corrected chi connectivity index (χ4v) is 3.59. The highest BCUT2D eigenvalue weighted by Gasteiger charge is 2.26. The van der Waals surface area contributed by atoms with Gasteiger partial charge in [0.05, 0.1) is 28.0 Å². The van der Waals surface area contributed by atoms with E-state index in [1.54, 1.807) is 35.8 Å². The summed E-state index contributed by atoms with van der Waals surface area (Å²) >= 11 is 12.0. The van der Waals surface area contributed by atoms with Crippen molar-refractivity contribution in [2.75, 3.05) is 0 Å². The largest absolute Gasteiger partial charge is 0.477 e. The number of pyridine rings is 2. The standard InChI is InChI=1S/C21H15Cl2N3O3/c1-3-26-11(2)16(13-6-4-5-12(9-13)10-24)19(27)17(21(28)29)18(26)15-8-7-14(22)20(23)25-15/h4-9H,3H2,1-2H3,(H,28,29). The van der Waals surface area contributed by atoms with Crippen LogP contribution in [0.15, 0.2) is 41.2 Å². The summed E-state index contributed by atoms with van der Waals surface area (Å²) in [6.07, 6.45) is 0. The molecule has 0 bridgehead atoms. The average molecular weight is 428 g/mol. The number of carboxylic acid groups (broad SMARTS) is 1. The number of carbonyl (C=O) groups is 1. The van der Waals surface area contributed by atoms with E-state index in [9.17, 15) is 20.0 Å². The molecule has 8 heteroatoms. The molecule has 0 aliphatic heterocycles. The van der Waals surface area contributed by atoms with Gasteiger partial charge in [-0.3, -0.25) is 4.79 Å². The fraction of sp³-hybridized carbons (Fsp3) is 0.143. The molecule has 146 valence electrons. The lowest BCUT2D eigenvalue weighted by Crippen LogP contribution is -2.25. The predicted octanol–water partition coefficient (Wildman–Crippen LogP) is 4.78. The number of rotatable bonds is 4. The molecule has 29 heavy (non-hydrogen) atoms. The molecule has 0 unspecified atom stereocenters. The Morgan fingerprint density at radius 1 is 1.28 bits per heavy atom. The Bertz CT molecular complexity index is 1240. The van der Waals surface area contributed by atoms with Crippen LogP contribution in [-0.4, -0.2) is 20.6 Å². The molecule has 0 aliphatic rings. The normalized spacial score (nSPS) is 10.6. The lowest BCUT2D eigenvalue weighted by molar-refractivity contribution is 0.0695. The van der Waals surface area contributed by atoms with E-state index in [2.05, 4.69) is 4.98 Å². The molecule has 3 aromatic rings. The van der Waals surface area contributed by atoms with Gasteiger partial charge in [-0.05, 0) is 43.7 Å². The van der Waals surface area contributed by atoms with Crippen molar-refractivity contribution in [2.45, 2.75) is 20.4 Å². The summed E-state index contributed by atoms with van der Waals surface area (Å²) in [7, 11) is 0. The fourth-order valence-electron chi connectivity index (χ4n) is 3.33. The van der Waals surface area contributed by atoms with Crippen LogP contribution in [0, 0.1) is 18.3 Å². The van der Waals surface area contributed by atoms with Crippen molar-refractivity contribution in [3.63, 3.8) is 0 Å². The maximum Gasteiger partial charge on any atom is 0.341 e. The van der Waals surface area contributed by atoms with Crippen LogP contribution in [0.1, 0.15) is 28.5 Å². The Hall–Kier alpha value is -3.14. The lowest BCUT2D eigenvalue weighted by atomic mass is 9.96. The highest BCUT2D eigenvalue weighted by molar-refractivity contribution is 6.41. The molecule has 0 radical (unpaired) electrons. The zero-order chi connectivity index (χ0) is 21.3. The van der Waals surface area contributed by atoms with Crippen LogP contribution in [0.3, 0.4) is 0 Å². The number of nitriles is 1.